The lowest BCUT2D eigenvalue weighted by Gasteiger charge is -1.99. The molecule has 7 heteroatoms. The van der Waals surface area contributed by atoms with E-state index in [1.54, 1.807) is 16.5 Å². The molecule has 3 aromatic rings. The molecule has 2 heterocycles. The number of hydrogen-bond acceptors (Lipinski definition) is 5. The fourth-order valence-corrected chi connectivity index (χ4v) is 2.27. The van der Waals surface area contributed by atoms with Crippen LogP contribution in [0.4, 0.5) is 11.5 Å². The highest BCUT2D eigenvalue weighted by Crippen LogP contribution is 2.28. The molecule has 0 aliphatic heterocycles. The number of methoxy groups -OCH3 is 1. The highest BCUT2D eigenvalue weighted by Gasteiger charge is 2.15. The van der Waals surface area contributed by atoms with E-state index in [0.29, 0.717) is 27.9 Å². The van der Waals surface area contributed by atoms with Gasteiger partial charge in [0.15, 0.2) is 5.82 Å². The summed E-state index contributed by atoms with van der Waals surface area (Å²) in [5.74, 6) is 0.0912. The van der Waals surface area contributed by atoms with Gasteiger partial charge in [0.1, 0.15) is 11.3 Å². The molecule has 0 N–H and O–H groups in total. The Labute approximate surface area is 137 Å². The maximum absolute atomic E-state index is 11.6. The first-order chi connectivity index (χ1) is 11.2. The average Bonchev–Trinajstić information content (AvgIpc) is 2.91. The molecule has 0 radical (unpaired) electrons. The Hall–Kier alpha value is -2.73. The second-order valence-electron chi connectivity index (χ2n) is 4.72. The van der Waals surface area contributed by atoms with E-state index in [0.717, 1.165) is 0 Å². The minimum Gasteiger partial charge on any atom is -0.469 e. The Morgan fingerprint density at radius 3 is 2.78 bits per heavy atom. The van der Waals surface area contributed by atoms with Crippen molar-refractivity contribution in [3.63, 3.8) is 0 Å². The summed E-state index contributed by atoms with van der Waals surface area (Å²) in [6, 6.07) is 12.7. The zero-order chi connectivity index (χ0) is 16.2. The molecule has 0 fully saturated rings. The third-order valence-electron chi connectivity index (χ3n) is 3.22. The Morgan fingerprint density at radius 1 is 1.22 bits per heavy atom. The number of esters is 1. The van der Waals surface area contributed by atoms with Crippen molar-refractivity contribution in [1.29, 1.82) is 0 Å². The van der Waals surface area contributed by atoms with Gasteiger partial charge in [-0.2, -0.15) is 0 Å². The molecule has 2 aromatic heterocycles. The highest BCUT2D eigenvalue weighted by atomic mass is 35.5. The number of ether oxygens (including phenoxy) is 1. The van der Waals surface area contributed by atoms with Gasteiger partial charge in [-0.15, -0.1) is 10.2 Å². The van der Waals surface area contributed by atoms with Crippen LogP contribution >= 0.6 is 11.6 Å². The number of pyridine rings is 1. The highest BCUT2D eigenvalue weighted by molar-refractivity contribution is 6.32. The van der Waals surface area contributed by atoms with Crippen molar-refractivity contribution in [1.82, 2.24) is 9.38 Å². The number of aromatic nitrogens is 2. The summed E-state index contributed by atoms with van der Waals surface area (Å²) < 4.78 is 6.47. The van der Waals surface area contributed by atoms with E-state index in [-0.39, 0.29) is 12.4 Å². The largest absolute Gasteiger partial charge is 0.469 e. The fraction of sp³-hybridized carbons (Fsp3) is 0.125. The first-order valence-corrected chi connectivity index (χ1v) is 7.26. The van der Waals surface area contributed by atoms with Gasteiger partial charge in [-0.3, -0.25) is 9.20 Å². The number of rotatable bonds is 4. The topological polar surface area (TPSA) is 68.3 Å². The second kappa shape index (κ2) is 6.58. The summed E-state index contributed by atoms with van der Waals surface area (Å²) in [6.45, 7) is 0. The monoisotopic (exact) mass is 328 g/mol. The molecule has 0 spiro atoms. The number of carbonyl (C=O) groups is 1. The van der Waals surface area contributed by atoms with E-state index < -0.39 is 0 Å². The van der Waals surface area contributed by atoms with E-state index in [4.69, 9.17) is 16.3 Å². The predicted molar refractivity (Wildman–Crippen MR) is 86.5 cm³/mol. The normalized spacial score (nSPS) is 11.2. The molecule has 0 saturated heterocycles. The van der Waals surface area contributed by atoms with E-state index in [9.17, 15) is 4.79 Å². The van der Waals surface area contributed by atoms with E-state index in [1.807, 2.05) is 36.5 Å². The van der Waals surface area contributed by atoms with Gasteiger partial charge in [0.2, 0.25) is 0 Å². The summed E-state index contributed by atoms with van der Waals surface area (Å²) in [6.07, 6.45) is 1.83. The molecule has 6 nitrogen and oxygen atoms in total. The van der Waals surface area contributed by atoms with Crippen molar-refractivity contribution < 1.29 is 9.53 Å². The quantitative estimate of drug-likeness (QED) is 0.534. The molecular formula is C16H13ClN4O2. The number of hydrogen-bond donors (Lipinski definition) is 0. The number of fused-ring (bicyclic) bond motifs is 1. The molecule has 0 unspecified atom stereocenters. The van der Waals surface area contributed by atoms with Crippen LogP contribution in [-0.2, 0) is 16.0 Å². The van der Waals surface area contributed by atoms with Crippen LogP contribution < -0.4 is 0 Å². The molecule has 1 aromatic carbocycles. The molecule has 23 heavy (non-hydrogen) atoms. The average molecular weight is 329 g/mol. The third-order valence-corrected chi connectivity index (χ3v) is 3.54. The van der Waals surface area contributed by atoms with Gasteiger partial charge in [-0.25, -0.2) is 4.98 Å². The van der Waals surface area contributed by atoms with E-state index in [1.165, 1.54) is 7.11 Å². The maximum atomic E-state index is 11.6. The summed E-state index contributed by atoms with van der Waals surface area (Å²) in [5, 5.41) is 8.92. The van der Waals surface area contributed by atoms with Crippen LogP contribution in [0.2, 0.25) is 5.02 Å². The van der Waals surface area contributed by atoms with Gasteiger partial charge in [0, 0.05) is 6.20 Å². The number of benzene rings is 1. The molecular weight excluding hydrogens is 316 g/mol. The van der Waals surface area contributed by atoms with Crippen LogP contribution in [0.15, 0.2) is 58.9 Å². The molecule has 3 rings (SSSR count). The summed E-state index contributed by atoms with van der Waals surface area (Å²) in [4.78, 5) is 16.0. The fourth-order valence-electron chi connectivity index (χ4n) is 2.10. The minimum absolute atomic E-state index is 0.0229. The van der Waals surface area contributed by atoms with E-state index in [2.05, 4.69) is 15.2 Å². The Morgan fingerprint density at radius 2 is 2.00 bits per heavy atom. The number of imidazole rings is 1. The standard InChI is InChI=1S/C16H13ClN4O2/c1-23-15(22)10-13-16(21-9-5-4-8-14(21)18-13)20-19-12-7-3-2-6-11(12)17/h2-9H,10H2,1H3. The number of carbonyl (C=O) groups excluding carboxylic acids is 1. The van der Waals surface area contributed by atoms with Crippen LogP contribution in [0.3, 0.4) is 0 Å². The molecule has 0 saturated carbocycles. The van der Waals surface area contributed by atoms with Crippen LogP contribution in [0.25, 0.3) is 5.65 Å². The smallest absolute Gasteiger partial charge is 0.311 e. The lowest BCUT2D eigenvalue weighted by molar-refractivity contribution is -0.139. The molecule has 0 aliphatic carbocycles. The molecule has 0 aliphatic rings. The maximum Gasteiger partial charge on any atom is 0.311 e. The first kappa shape index (κ1) is 15.2. The number of nitrogens with zero attached hydrogens (tertiary/aromatic N) is 4. The SMILES string of the molecule is COC(=O)Cc1nc2ccccn2c1N=Nc1ccccc1Cl. The summed E-state index contributed by atoms with van der Waals surface area (Å²) >= 11 is 6.08. The Kier molecular flexibility index (Phi) is 4.34. The zero-order valence-electron chi connectivity index (χ0n) is 12.3. The van der Waals surface area contributed by atoms with Crippen molar-refractivity contribution >= 4 is 34.7 Å². The number of azo groups is 1. The van der Waals surface area contributed by atoms with Crippen molar-refractivity contribution in [2.45, 2.75) is 6.42 Å². The van der Waals surface area contributed by atoms with Crippen LogP contribution in [0, 0.1) is 0 Å². The molecule has 0 amide bonds. The number of halogens is 1. The van der Waals surface area contributed by atoms with Gasteiger partial charge < -0.3 is 4.74 Å². The van der Waals surface area contributed by atoms with Crippen molar-refractivity contribution in [2.24, 2.45) is 10.2 Å². The van der Waals surface area contributed by atoms with Crippen molar-refractivity contribution in [2.75, 3.05) is 7.11 Å². The van der Waals surface area contributed by atoms with Gasteiger partial charge in [-0.05, 0) is 24.3 Å². The van der Waals surface area contributed by atoms with Gasteiger partial charge in [0.05, 0.1) is 24.2 Å². The van der Waals surface area contributed by atoms with Crippen molar-refractivity contribution in [3.8, 4) is 0 Å². The molecule has 0 atom stereocenters. The molecule has 116 valence electrons. The van der Waals surface area contributed by atoms with Crippen molar-refractivity contribution in [3.05, 3.63) is 59.4 Å². The third kappa shape index (κ3) is 3.22. The van der Waals surface area contributed by atoms with E-state index >= 15 is 0 Å². The summed E-state index contributed by atoms with van der Waals surface area (Å²) in [7, 11) is 1.34. The van der Waals surface area contributed by atoms with Crippen LogP contribution in [-0.4, -0.2) is 22.5 Å². The predicted octanol–water partition coefficient (Wildman–Crippen LogP) is 4.12. The van der Waals surface area contributed by atoms with Crippen LogP contribution in [0.5, 0.6) is 0 Å². The van der Waals surface area contributed by atoms with Gasteiger partial charge >= 0.3 is 5.97 Å². The lowest BCUT2D eigenvalue weighted by Crippen LogP contribution is -2.04. The first-order valence-electron chi connectivity index (χ1n) is 6.88. The molecule has 0 bridgehead atoms. The Balaban J connectivity index is 2.05. The zero-order valence-corrected chi connectivity index (χ0v) is 13.1. The summed E-state index contributed by atoms with van der Waals surface area (Å²) in [5.41, 5.74) is 1.72. The van der Waals surface area contributed by atoms with Crippen LogP contribution in [0.1, 0.15) is 5.69 Å². The van der Waals surface area contributed by atoms with Gasteiger partial charge in [-0.1, -0.05) is 29.8 Å². The Bertz CT molecular complexity index is 889. The van der Waals surface area contributed by atoms with Gasteiger partial charge in [0.25, 0.3) is 0 Å². The minimum atomic E-state index is -0.386. The second-order valence-corrected chi connectivity index (χ2v) is 5.12. The lowest BCUT2D eigenvalue weighted by atomic mass is 10.3.